The van der Waals surface area contributed by atoms with Gasteiger partial charge in [-0.1, -0.05) is 0 Å². The van der Waals surface area contributed by atoms with Gasteiger partial charge in [-0.3, -0.25) is 9.79 Å². The highest BCUT2D eigenvalue weighted by molar-refractivity contribution is 5.80. The van der Waals surface area contributed by atoms with E-state index in [1.807, 2.05) is 6.92 Å². The van der Waals surface area contributed by atoms with Crippen LogP contribution in [0, 0.1) is 0 Å². The summed E-state index contributed by atoms with van der Waals surface area (Å²) in [6, 6.07) is 0.0658. The highest BCUT2D eigenvalue weighted by Crippen LogP contribution is 2.13. The Balaban J connectivity index is 2.52. The van der Waals surface area contributed by atoms with Crippen LogP contribution in [0.2, 0.25) is 0 Å². The number of carboxylic acid groups (broad SMARTS) is 1. The fourth-order valence-corrected chi connectivity index (χ4v) is 0.884. The van der Waals surface area contributed by atoms with Gasteiger partial charge in [-0.25, -0.2) is 0 Å². The van der Waals surface area contributed by atoms with Crippen molar-refractivity contribution in [2.75, 3.05) is 0 Å². The van der Waals surface area contributed by atoms with Gasteiger partial charge >= 0.3 is 5.97 Å². The molecule has 10 heavy (non-hydrogen) atoms. The van der Waals surface area contributed by atoms with E-state index < -0.39 is 5.97 Å². The lowest BCUT2D eigenvalue weighted by Crippen LogP contribution is -2.04. The van der Waals surface area contributed by atoms with Gasteiger partial charge in [0.25, 0.3) is 0 Å². The summed E-state index contributed by atoms with van der Waals surface area (Å²) in [7, 11) is 0. The van der Waals surface area contributed by atoms with E-state index in [4.69, 9.17) is 5.11 Å². The molecule has 0 aromatic heterocycles. The first-order valence-electron chi connectivity index (χ1n) is 3.14. The lowest BCUT2D eigenvalue weighted by molar-refractivity contribution is -0.136. The van der Waals surface area contributed by atoms with E-state index in [2.05, 4.69) is 4.99 Å². The predicted octanol–water partition coefficient (Wildman–Crippen LogP) is 0.860. The van der Waals surface area contributed by atoms with E-state index >= 15 is 0 Å². The monoisotopic (exact) mass is 139 g/mol. The number of nitrogens with zero attached hydrogens (tertiary/aromatic N) is 1. The second-order valence-electron chi connectivity index (χ2n) is 2.29. The van der Waals surface area contributed by atoms with E-state index in [0.717, 1.165) is 5.57 Å². The number of carboxylic acids is 1. The van der Waals surface area contributed by atoms with Crippen LogP contribution < -0.4 is 0 Å². The molecule has 0 aromatic rings. The smallest absolute Gasteiger partial charge is 0.307 e. The molecule has 0 radical (unpaired) electrons. The van der Waals surface area contributed by atoms with Gasteiger partial charge < -0.3 is 5.11 Å². The molecule has 3 heteroatoms. The van der Waals surface area contributed by atoms with E-state index in [-0.39, 0.29) is 12.5 Å². The third-order valence-electron chi connectivity index (χ3n) is 1.49. The number of aliphatic imine (C=N–C) groups is 1. The molecule has 0 spiro atoms. The van der Waals surface area contributed by atoms with Crippen LogP contribution in [-0.4, -0.2) is 23.3 Å². The molecule has 0 aromatic carbocycles. The summed E-state index contributed by atoms with van der Waals surface area (Å²) in [5, 5.41) is 8.40. The van der Waals surface area contributed by atoms with Crippen molar-refractivity contribution in [3.8, 4) is 0 Å². The molecular weight excluding hydrogens is 130 g/mol. The molecule has 1 unspecified atom stereocenters. The highest BCUT2D eigenvalue weighted by atomic mass is 16.4. The summed E-state index contributed by atoms with van der Waals surface area (Å²) in [6.07, 6.45) is 3.53. The summed E-state index contributed by atoms with van der Waals surface area (Å²) < 4.78 is 0. The van der Waals surface area contributed by atoms with Gasteiger partial charge in [0.15, 0.2) is 0 Å². The van der Waals surface area contributed by atoms with Crippen molar-refractivity contribution in [3.05, 3.63) is 11.6 Å². The minimum atomic E-state index is -0.788. The molecule has 0 amide bonds. The summed E-state index contributed by atoms with van der Waals surface area (Å²) in [5.41, 5.74) is 0.882. The molecule has 0 aliphatic carbocycles. The lowest BCUT2D eigenvalue weighted by Gasteiger charge is -2.02. The van der Waals surface area contributed by atoms with E-state index in [1.165, 1.54) is 0 Å². The fourth-order valence-electron chi connectivity index (χ4n) is 0.884. The van der Waals surface area contributed by atoms with E-state index in [0.29, 0.717) is 0 Å². The Hall–Kier alpha value is -1.12. The molecule has 0 saturated carbocycles. The molecule has 1 atom stereocenters. The average molecular weight is 139 g/mol. The normalized spacial score (nSPS) is 22.9. The molecule has 0 bridgehead atoms. The number of carbonyl (C=O) groups is 1. The second-order valence-corrected chi connectivity index (χ2v) is 2.29. The Labute approximate surface area is 59.1 Å². The van der Waals surface area contributed by atoms with Gasteiger partial charge in [0.1, 0.15) is 0 Å². The Bertz CT molecular complexity index is 206. The Kier molecular flexibility index (Phi) is 1.85. The van der Waals surface area contributed by atoms with Crippen LogP contribution in [0.3, 0.4) is 0 Å². The maximum atomic E-state index is 10.2. The van der Waals surface area contributed by atoms with Crippen molar-refractivity contribution < 1.29 is 9.90 Å². The summed E-state index contributed by atoms with van der Waals surface area (Å²) in [5.74, 6) is -0.788. The van der Waals surface area contributed by atoms with Crippen molar-refractivity contribution >= 4 is 12.2 Å². The molecule has 1 N–H and O–H groups in total. The zero-order valence-corrected chi connectivity index (χ0v) is 5.74. The molecule has 1 heterocycles. The van der Waals surface area contributed by atoms with Crippen LogP contribution >= 0.6 is 0 Å². The van der Waals surface area contributed by atoms with Crippen molar-refractivity contribution in [1.82, 2.24) is 0 Å². The zero-order chi connectivity index (χ0) is 7.56. The van der Waals surface area contributed by atoms with Crippen molar-refractivity contribution in [3.63, 3.8) is 0 Å². The number of aliphatic carboxylic acids is 1. The fraction of sp³-hybridized carbons (Fsp3) is 0.429. The quantitative estimate of drug-likeness (QED) is 0.616. The molecule has 54 valence electrons. The van der Waals surface area contributed by atoms with Gasteiger partial charge in [-0.15, -0.1) is 0 Å². The molecule has 1 aliphatic heterocycles. The minimum absolute atomic E-state index is 0.0658. The maximum absolute atomic E-state index is 10.2. The SMILES string of the molecule is CC1N=CC=C1CC(=O)O. The zero-order valence-electron chi connectivity index (χ0n) is 5.74. The molecule has 0 fully saturated rings. The largest absolute Gasteiger partial charge is 0.481 e. The first kappa shape index (κ1) is 6.99. The Morgan fingerprint density at radius 2 is 2.60 bits per heavy atom. The Morgan fingerprint density at radius 3 is 3.00 bits per heavy atom. The molecule has 1 aliphatic rings. The van der Waals surface area contributed by atoms with Gasteiger partial charge in [0, 0.05) is 6.21 Å². The van der Waals surface area contributed by atoms with Crippen LogP contribution in [0.5, 0.6) is 0 Å². The van der Waals surface area contributed by atoms with Crippen LogP contribution in [0.25, 0.3) is 0 Å². The number of hydrogen-bond donors (Lipinski definition) is 1. The predicted molar refractivity (Wildman–Crippen MR) is 38.3 cm³/mol. The number of allylic oxidation sites excluding steroid dienone is 1. The van der Waals surface area contributed by atoms with Crippen LogP contribution in [-0.2, 0) is 4.79 Å². The first-order chi connectivity index (χ1) is 4.70. The van der Waals surface area contributed by atoms with E-state index in [9.17, 15) is 4.79 Å². The molecule has 0 saturated heterocycles. The van der Waals surface area contributed by atoms with E-state index in [1.54, 1.807) is 12.3 Å². The summed E-state index contributed by atoms with van der Waals surface area (Å²) in [6.45, 7) is 1.89. The van der Waals surface area contributed by atoms with Crippen LogP contribution in [0.1, 0.15) is 13.3 Å². The number of rotatable bonds is 2. The molecular formula is C7H9NO2. The third-order valence-corrected chi connectivity index (χ3v) is 1.49. The van der Waals surface area contributed by atoms with Crippen molar-refractivity contribution in [2.24, 2.45) is 4.99 Å². The van der Waals surface area contributed by atoms with Gasteiger partial charge in [-0.2, -0.15) is 0 Å². The number of hydrogen-bond acceptors (Lipinski definition) is 2. The first-order valence-corrected chi connectivity index (χ1v) is 3.14. The summed E-state index contributed by atoms with van der Waals surface area (Å²) in [4.78, 5) is 14.2. The third kappa shape index (κ3) is 1.43. The van der Waals surface area contributed by atoms with Gasteiger partial charge in [0.2, 0.25) is 0 Å². The second kappa shape index (κ2) is 2.64. The Morgan fingerprint density at radius 1 is 1.90 bits per heavy atom. The standard InChI is InChI=1S/C7H9NO2/c1-5-6(2-3-8-5)4-7(9)10/h2-3,5H,4H2,1H3,(H,9,10). The van der Waals surface area contributed by atoms with Crippen LogP contribution in [0.15, 0.2) is 16.6 Å². The molecule has 3 nitrogen and oxygen atoms in total. The highest BCUT2D eigenvalue weighted by Gasteiger charge is 2.12. The van der Waals surface area contributed by atoms with Crippen molar-refractivity contribution in [2.45, 2.75) is 19.4 Å². The summed E-state index contributed by atoms with van der Waals surface area (Å²) >= 11 is 0. The molecule has 1 rings (SSSR count). The van der Waals surface area contributed by atoms with Crippen LogP contribution in [0.4, 0.5) is 0 Å². The van der Waals surface area contributed by atoms with Crippen molar-refractivity contribution in [1.29, 1.82) is 0 Å². The lowest BCUT2D eigenvalue weighted by atomic mass is 10.1. The topological polar surface area (TPSA) is 49.7 Å². The average Bonchev–Trinajstić information content (AvgIpc) is 2.15. The van der Waals surface area contributed by atoms with Gasteiger partial charge in [0.05, 0.1) is 12.5 Å². The maximum Gasteiger partial charge on any atom is 0.307 e. The minimum Gasteiger partial charge on any atom is -0.481 e. The van der Waals surface area contributed by atoms with Gasteiger partial charge in [-0.05, 0) is 18.6 Å².